The number of nitrogens with two attached hydrogens (primary N) is 4. The Kier molecular flexibility index (Phi) is 21.8. The lowest BCUT2D eigenvalue weighted by molar-refractivity contribution is -0.127. The summed E-state index contributed by atoms with van der Waals surface area (Å²) in [5, 5.41) is 27.8. The highest BCUT2D eigenvalue weighted by atomic mass is 16.6. The molecule has 6 aliphatic rings. The number of guanidine groups is 2. The number of carbonyl (C=O) groups excluding carboxylic acids is 7. The summed E-state index contributed by atoms with van der Waals surface area (Å²) in [6, 6.07) is 23.3. The second-order valence-electron chi connectivity index (χ2n) is 24.9. The molecule has 4 aliphatic carbocycles. The van der Waals surface area contributed by atoms with Crippen LogP contribution in [0.2, 0.25) is 0 Å². The molecule has 10 atom stereocenters. The number of likely N-dealkylation sites (tertiary alicyclic amines) is 1. The van der Waals surface area contributed by atoms with Crippen LogP contribution in [0.4, 0.5) is 15.3 Å². The molecule has 502 valence electrons. The third kappa shape index (κ3) is 16.2. The fourth-order valence-electron chi connectivity index (χ4n) is 14.3. The van der Waals surface area contributed by atoms with Crippen molar-refractivity contribution in [3.63, 3.8) is 0 Å². The molecule has 27 heteroatoms. The Morgan fingerprint density at radius 2 is 1.60 bits per heavy atom. The Balaban J connectivity index is 0.738. The number of benzene rings is 4. The fourth-order valence-corrected chi connectivity index (χ4v) is 14.3. The second-order valence-corrected chi connectivity index (χ2v) is 24.9. The zero-order valence-electron chi connectivity index (χ0n) is 52.9. The number of unbranched alkanes of at least 4 members (excludes halogenated alkanes) is 2. The SMILES string of the molecule is COc1ccc2c3c1O[C@H]1C(OC(=O)N4CCC(C(=O)NCCCCC[C@H](NC(=O)OCc5ccccc5)C(=O)NCCOc5ccc(C(=O)Oc6cccc(N=C(N)N)c6)cc5)CC4CNC(=O)[C@@H](CCCN=C(N)N)NC(O)CNC(C)=O)=CC[C@H]4[C@@H]5CC5(C2)C[C@]314. The molecule has 27 nitrogen and oxygen atoms in total. The van der Waals surface area contributed by atoms with Crippen molar-refractivity contribution in [2.24, 2.45) is 56.1 Å². The molecule has 2 saturated carbocycles. The summed E-state index contributed by atoms with van der Waals surface area (Å²) in [4.78, 5) is 104. The zero-order chi connectivity index (χ0) is 66.5. The zero-order valence-corrected chi connectivity index (χ0v) is 52.9. The number of nitrogens with one attached hydrogen (secondary N) is 6. The average Bonchev–Trinajstić information content (AvgIpc) is 1.47. The number of alkyl carbamates (subject to hydrolysis) is 1. The molecule has 4 aromatic rings. The van der Waals surface area contributed by atoms with E-state index in [-0.39, 0.29) is 111 Å². The van der Waals surface area contributed by atoms with Crippen molar-refractivity contribution < 1.29 is 67.1 Å². The summed E-state index contributed by atoms with van der Waals surface area (Å²) >= 11 is 0. The molecule has 1 saturated heterocycles. The largest absolute Gasteiger partial charge is 0.493 e. The maximum absolute atomic E-state index is 14.8. The van der Waals surface area contributed by atoms with Crippen molar-refractivity contribution in [3.8, 4) is 23.0 Å². The lowest BCUT2D eigenvalue weighted by Crippen LogP contribution is -2.56. The van der Waals surface area contributed by atoms with Crippen LogP contribution in [-0.2, 0) is 47.1 Å². The highest BCUT2D eigenvalue weighted by molar-refractivity contribution is 5.91. The number of aliphatic imine (C=N–C) groups is 2. The molecule has 94 heavy (non-hydrogen) atoms. The number of hydrogen-bond donors (Lipinski definition) is 11. The Hall–Kier alpha value is -9.63. The first kappa shape index (κ1) is 67.3. The van der Waals surface area contributed by atoms with Crippen LogP contribution in [0.15, 0.2) is 113 Å². The Bertz CT molecular complexity index is 3510. The summed E-state index contributed by atoms with van der Waals surface area (Å²) < 4.78 is 35.9. The van der Waals surface area contributed by atoms with Gasteiger partial charge in [0, 0.05) is 56.1 Å². The molecule has 0 radical (unpaired) electrons. The van der Waals surface area contributed by atoms with Gasteiger partial charge in [-0.2, -0.15) is 0 Å². The predicted octanol–water partition coefficient (Wildman–Crippen LogP) is 3.65. The number of ether oxygens (including phenoxy) is 6. The van der Waals surface area contributed by atoms with Gasteiger partial charge in [-0.3, -0.25) is 29.5 Å². The third-order valence-corrected chi connectivity index (χ3v) is 18.6. The minimum Gasteiger partial charge on any atom is -0.493 e. The summed E-state index contributed by atoms with van der Waals surface area (Å²) in [7, 11) is 1.63. The molecule has 6 amide bonds. The molecule has 4 aromatic carbocycles. The Morgan fingerprint density at radius 3 is 2.36 bits per heavy atom. The first-order valence-corrected chi connectivity index (χ1v) is 32.1. The molecular formula is C67H85N13O14. The number of piperidine rings is 1. The molecule has 0 aromatic heterocycles. The summed E-state index contributed by atoms with van der Waals surface area (Å²) in [6.45, 7) is 1.84. The molecule has 2 spiro atoms. The molecular weight excluding hydrogens is 1210 g/mol. The van der Waals surface area contributed by atoms with Gasteiger partial charge in [0.05, 0.1) is 43.5 Å². The van der Waals surface area contributed by atoms with E-state index < -0.39 is 66.3 Å². The quantitative estimate of drug-likeness (QED) is 0.00855. The van der Waals surface area contributed by atoms with E-state index in [0.29, 0.717) is 79.2 Å². The van der Waals surface area contributed by atoms with E-state index in [1.54, 1.807) is 42.3 Å². The molecule has 3 fully saturated rings. The van der Waals surface area contributed by atoms with E-state index in [1.165, 1.54) is 42.7 Å². The number of fused-ring (bicyclic) bond motifs is 1. The summed E-state index contributed by atoms with van der Waals surface area (Å²) in [5.41, 5.74) is 25.8. The van der Waals surface area contributed by atoms with Crippen LogP contribution in [0.1, 0.15) is 105 Å². The number of amides is 6. The van der Waals surface area contributed by atoms with Crippen molar-refractivity contribution in [3.05, 3.63) is 125 Å². The first-order valence-electron chi connectivity index (χ1n) is 32.1. The smallest absolute Gasteiger partial charge is 0.415 e. The number of allylic oxidation sites excluding steroid dienone is 1. The Morgan fingerprint density at radius 1 is 0.809 bits per heavy atom. The summed E-state index contributed by atoms with van der Waals surface area (Å²) in [6.07, 6.45) is 5.48. The van der Waals surface area contributed by atoms with Gasteiger partial charge >= 0.3 is 18.2 Å². The fraction of sp³-hybridized carbons (Fsp3) is 0.478. The number of nitrogens with zero attached hydrogens (tertiary/aromatic N) is 3. The van der Waals surface area contributed by atoms with Crippen molar-refractivity contribution >= 4 is 59.4 Å². The first-order chi connectivity index (χ1) is 45.3. The standard InChI is InChI=1S/C67H85N13O14/c1-39(81)75-36-54(82)78-50(16-10-27-74-62(68)69)60(85)76-35-45-31-42(25-29-80(45)65(88)93-53-24-22-48-49-34-66(49)33-43-19-23-52(89-2)56-55(43)67(48,38-66)57(53)94-56)58(83)72-26-8-4-7-15-51(79-64(87)91-37-40-11-5-3-6-12-40)59(84)73-28-30-90-46-20-17-41(18-21-46)61(86)92-47-14-9-13-44(32-47)77-63(70)71/h3,5-6,9,11-14,17-21,23-24,32,42,45,48-51,54,57,78,82H,4,7-8,10,15-16,22,25-31,33-38H2,1-2H3,(H,72,83)(H,73,84)(H,75,81)(H,76,85)(H,79,87)(H4,68,69,74)(H4,70,71,77)/t42?,45?,48-,49-,50+,51-,54?,57-,66?,67-/m0/s1. The van der Waals surface area contributed by atoms with E-state index in [2.05, 4.69) is 48.0 Å². The van der Waals surface area contributed by atoms with Gasteiger partial charge in [-0.25, -0.2) is 19.4 Å². The van der Waals surface area contributed by atoms with E-state index in [1.807, 2.05) is 42.5 Å². The number of methoxy groups -OCH3 is 1. The minimum absolute atomic E-state index is 0.00746. The lowest BCUT2D eigenvalue weighted by Gasteiger charge is -2.44. The number of hydrogen-bond acceptors (Lipinski definition) is 17. The van der Waals surface area contributed by atoms with Gasteiger partial charge in [-0.1, -0.05) is 55.3 Å². The van der Waals surface area contributed by atoms with E-state index in [9.17, 15) is 38.7 Å². The van der Waals surface area contributed by atoms with Crippen molar-refractivity contribution in [1.29, 1.82) is 0 Å². The van der Waals surface area contributed by atoms with Crippen LogP contribution in [0.5, 0.6) is 23.0 Å². The number of esters is 1. The van der Waals surface area contributed by atoms with Gasteiger partial charge in [0.1, 0.15) is 42.7 Å². The molecule has 2 bridgehead atoms. The number of aliphatic hydroxyl groups is 1. The molecule has 2 heterocycles. The van der Waals surface area contributed by atoms with Crippen LogP contribution in [-0.4, -0.2) is 147 Å². The van der Waals surface area contributed by atoms with Crippen LogP contribution in [0.25, 0.3) is 0 Å². The van der Waals surface area contributed by atoms with E-state index >= 15 is 0 Å². The lowest BCUT2D eigenvalue weighted by atomic mass is 9.59. The average molecular weight is 1300 g/mol. The highest BCUT2D eigenvalue weighted by Gasteiger charge is 2.78. The summed E-state index contributed by atoms with van der Waals surface area (Å²) in [5.74, 6) is 0.376. The van der Waals surface area contributed by atoms with E-state index in [4.69, 9.17) is 51.4 Å². The van der Waals surface area contributed by atoms with Crippen molar-refractivity contribution in [2.75, 3.05) is 53.0 Å². The topological polar surface area (TPSA) is 399 Å². The third-order valence-electron chi connectivity index (χ3n) is 18.6. The second kappa shape index (κ2) is 30.4. The normalized spacial score (nSPS) is 22.3. The minimum atomic E-state index is -1.29. The van der Waals surface area contributed by atoms with Crippen LogP contribution in [0, 0.1) is 23.2 Å². The maximum atomic E-state index is 14.8. The molecule has 2 aliphatic heterocycles. The number of carbonyl (C=O) groups is 7. The molecule has 15 N–H and O–H groups in total. The van der Waals surface area contributed by atoms with Gasteiger partial charge in [-0.15, -0.1) is 0 Å². The van der Waals surface area contributed by atoms with Crippen LogP contribution in [0.3, 0.4) is 0 Å². The molecule has 4 unspecified atom stereocenters. The van der Waals surface area contributed by atoms with Crippen LogP contribution >= 0.6 is 0 Å². The van der Waals surface area contributed by atoms with Gasteiger partial charge < -0.3 is 87.9 Å². The Labute approximate surface area is 544 Å². The molecule has 10 rings (SSSR count). The monoisotopic (exact) mass is 1300 g/mol. The number of rotatable bonds is 31. The van der Waals surface area contributed by atoms with Gasteiger partial charge in [0.15, 0.2) is 29.5 Å². The van der Waals surface area contributed by atoms with Gasteiger partial charge in [0.2, 0.25) is 23.6 Å². The van der Waals surface area contributed by atoms with Gasteiger partial charge in [-0.05, 0) is 141 Å². The van der Waals surface area contributed by atoms with Crippen molar-refractivity contribution in [2.45, 2.75) is 126 Å². The highest BCUT2D eigenvalue weighted by Crippen LogP contribution is 2.81. The predicted molar refractivity (Wildman–Crippen MR) is 345 cm³/mol. The van der Waals surface area contributed by atoms with E-state index in [0.717, 1.165) is 24.8 Å². The van der Waals surface area contributed by atoms with Crippen LogP contribution < -0.4 is 73.8 Å². The number of aliphatic hydroxyl groups excluding tert-OH is 1. The van der Waals surface area contributed by atoms with Gasteiger partial charge in [0.25, 0.3) is 0 Å². The van der Waals surface area contributed by atoms with Crippen molar-refractivity contribution in [1.82, 2.24) is 36.8 Å². The maximum Gasteiger partial charge on any atom is 0.415 e.